The molecule has 1 aliphatic rings. The predicted octanol–water partition coefficient (Wildman–Crippen LogP) is 3.10. The third-order valence-corrected chi connectivity index (χ3v) is 2.64. The lowest BCUT2D eigenvalue weighted by Crippen LogP contribution is -2.33. The molecule has 1 saturated carbocycles. The first-order valence-corrected chi connectivity index (χ1v) is 5.04. The number of Topliss-reactive ketones (excluding diaryl/α,β-unsaturated/α-hetero) is 1. The second kappa shape index (κ2) is 3.79. The van der Waals surface area contributed by atoms with Crippen LogP contribution in [0.1, 0.15) is 12.8 Å². The molecule has 0 unspecified atom stereocenters. The van der Waals surface area contributed by atoms with E-state index in [-0.39, 0.29) is 11.9 Å². The maximum absolute atomic E-state index is 10.7. The highest BCUT2D eigenvalue weighted by molar-refractivity contribution is 6.34. The average molecular weight is 231 g/mol. The summed E-state index contributed by atoms with van der Waals surface area (Å²) in [5, 5.41) is 1.10. The molecule has 0 atom stereocenters. The predicted molar refractivity (Wildman–Crippen MR) is 55.1 cm³/mol. The Morgan fingerprint density at radius 3 is 2.64 bits per heavy atom. The fourth-order valence-electron chi connectivity index (χ4n) is 1.28. The van der Waals surface area contributed by atoms with E-state index in [1.807, 2.05) is 0 Å². The van der Waals surface area contributed by atoms with Crippen LogP contribution in [0.2, 0.25) is 10.0 Å². The van der Waals surface area contributed by atoms with Gasteiger partial charge < -0.3 is 4.74 Å². The zero-order chi connectivity index (χ0) is 10.1. The zero-order valence-corrected chi connectivity index (χ0v) is 8.81. The number of hydrogen-bond donors (Lipinski definition) is 0. The molecule has 0 amide bonds. The first-order chi connectivity index (χ1) is 6.65. The van der Waals surface area contributed by atoms with E-state index in [4.69, 9.17) is 27.9 Å². The Labute approximate surface area is 91.8 Å². The van der Waals surface area contributed by atoms with Gasteiger partial charge in [0.25, 0.3) is 0 Å². The van der Waals surface area contributed by atoms with Gasteiger partial charge in [-0.15, -0.1) is 0 Å². The van der Waals surface area contributed by atoms with Crippen LogP contribution >= 0.6 is 23.2 Å². The summed E-state index contributed by atoms with van der Waals surface area (Å²) >= 11 is 11.7. The van der Waals surface area contributed by atoms with Gasteiger partial charge in [0.1, 0.15) is 17.6 Å². The minimum absolute atomic E-state index is 0.0292. The second-order valence-electron chi connectivity index (χ2n) is 3.26. The van der Waals surface area contributed by atoms with Gasteiger partial charge in [0.2, 0.25) is 0 Å². The normalized spacial score (nSPS) is 16.6. The van der Waals surface area contributed by atoms with Crippen molar-refractivity contribution < 1.29 is 9.53 Å². The van der Waals surface area contributed by atoms with Crippen molar-refractivity contribution in [1.29, 1.82) is 0 Å². The topological polar surface area (TPSA) is 26.3 Å². The van der Waals surface area contributed by atoms with E-state index >= 15 is 0 Å². The van der Waals surface area contributed by atoms with Crippen LogP contribution in [0.5, 0.6) is 5.75 Å². The highest BCUT2D eigenvalue weighted by Crippen LogP contribution is 2.31. The van der Waals surface area contributed by atoms with E-state index in [1.165, 1.54) is 0 Å². The summed E-state index contributed by atoms with van der Waals surface area (Å²) in [5.41, 5.74) is 0. The van der Waals surface area contributed by atoms with Crippen LogP contribution < -0.4 is 4.74 Å². The summed E-state index contributed by atoms with van der Waals surface area (Å²) < 4.78 is 5.50. The fraction of sp³-hybridized carbons (Fsp3) is 0.300. The Balaban J connectivity index is 2.08. The summed E-state index contributed by atoms with van der Waals surface area (Å²) in [6, 6.07) is 5.04. The van der Waals surface area contributed by atoms with Crippen molar-refractivity contribution in [2.75, 3.05) is 0 Å². The summed E-state index contributed by atoms with van der Waals surface area (Å²) in [6.07, 6.45) is 0.921. The molecule has 1 aliphatic carbocycles. The Morgan fingerprint density at radius 1 is 1.29 bits per heavy atom. The molecule has 0 N–H and O–H groups in total. The van der Waals surface area contributed by atoms with Crippen molar-refractivity contribution in [2.24, 2.45) is 0 Å². The number of ether oxygens (including phenoxy) is 1. The molecule has 0 spiro atoms. The van der Waals surface area contributed by atoms with Crippen molar-refractivity contribution in [1.82, 2.24) is 0 Å². The maximum atomic E-state index is 10.7. The van der Waals surface area contributed by atoms with Gasteiger partial charge in [-0.3, -0.25) is 4.79 Å². The molecular weight excluding hydrogens is 223 g/mol. The quantitative estimate of drug-likeness (QED) is 0.781. The molecule has 2 nitrogen and oxygen atoms in total. The van der Waals surface area contributed by atoms with Crippen LogP contribution in [0.3, 0.4) is 0 Å². The van der Waals surface area contributed by atoms with Gasteiger partial charge in [0.15, 0.2) is 0 Å². The lowest BCUT2D eigenvalue weighted by molar-refractivity contribution is -0.129. The van der Waals surface area contributed by atoms with E-state index in [2.05, 4.69) is 0 Å². The van der Waals surface area contributed by atoms with Gasteiger partial charge in [-0.2, -0.15) is 0 Å². The van der Waals surface area contributed by atoms with Gasteiger partial charge in [0, 0.05) is 23.9 Å². The standard InChI is InChI=1S/C10H8Cl2O2/c11-6-1-2-9(12)10(3-6)14-8-4-7(13)5-8/h1-3,8H,4-5H2. The Bertz CT molecular complexity index is 368. The summed E-state index contributed by atoms with van der Waals surface area (Å²) in [6.45, 7) is 0. The van der Waals surface area contributed by atoms with Crippen LogP contribution in [0.25, 0.3) is 0 Å². The fourth-order valence-corrected chi connectivity index (χ4v) is 1.60. The van der Waals surface area contributed by atoms with E-state index < -0.39 is 0 Å². The van der Waals surface area contributed by atoms with E-state index in [0.717, 1.165) is 0 Å². The molecule has 1 fully saturated rings. The van der Waals surface area contributed by atoms with E-state index in [0.29, 0.717) is 28.6 Å². The molecular formula is C10H8Cl2O2. The largest absolute Gasteiger partial charge is 0.488 e. The van der Waals surface area contributed by atoms with Crippen molar-refractivity contribution in [3.63, 3.8) is 0 Å². The van der Waals surface area contributed by atoms with Gasteiger partial charge in [0.05, 0.1) is 5.02 Å². The summed E-state index contributed by atoms with van der Waals surface area (Å²) in [7, 11) is 0. The van der Waals surface area contributed by atoms with Gasteiger partial charge in [-0.25, -0.2) is 0 Å². The first kappa shape index (κ1) is 9.81. The molecule has 0 saturated heterocycles. The smallest absolute Gasteiger partial charge is 0.140 e. The number of carbonyl (C=O) groups excluding carboxylic acids is 1. The highest BCUT2D eigenvalue weighted by Gasteiger charge is 2.28. The lowest BCUT2D eigenvalue weighted by Gasteiger charge is -2.25. The number of ketones is 1. The second-order valence-corrected chi connectivity index (χ2v) is 4.11. The molecule has 4 heteroatoms. The molecule has 0 aromatic heterocycles. The van der Waals surface area contributed by atoms with Crippen molar-refractivity contribution in [3.8, 4) is 5.75 Å². The molecule has 0 radical (unpaired) electrons. The number of rotatable bonds is 2. The van der Waals surface area contributed by atoms with Crippen LogP contribution in [-0.4, -0.2) is 11.9 Å². The maximum Gasteiger partial charge on any atom is 0.140 e. The van der Waals surface area contributed by atoms with Gasteiger partial charge in [-0.05, 0) is 12.1 Å². The molecule has 2 rings (SSSR count). The molecule has 0 aliphatic heterocycles. The molecule has 14 heavy (non-hydrogen) atoms. The SMILES string of the molecule is O=C1CC(Oc2cc(Cl)ccc2Cl)C1. The zero-order valence-electron chi connectivity index (χ0n) is 7.30. The van der Waals surface area contributed by atoms with E-state index in [9.17, 15) is 4.79 Å². The van der Waals surface area contributed by atoms with Crippen LogP contribution in [0.4, 0.5) is 0 Å². The van der Waals surface area contributed by atoms with Crippen LogP contribution in [0, 0.1) is 0 Å². The number of halogens is 2. The van der Waals surface area contributed by atoms with Crippen molar-refractivity contribution in [2.45, 2.75) is 18.9 Å². The van der Waals surface area contributed by atoms with Crippen molar-refractivity contribution in [3.05, 3.63) is 28.2 Å². The number of carbonyl (C=O) groups is 1. The molecule has 74 valence electrons. The Hall–Kier alpha value is -0.730. The molecule has 0 bridgehead atoms. The monoisotopic (exact) mass is 230 g/mol. The third-order valence-electron chi connectivity index (χ3n) is 2.10. The lowest BCUT2D eigenvalue weighted by atomic mass is 9.94. The van der Waals surface area contributed by atoms with E-state index in [1.54, 1.807) is 18.2 Å². The minimum Gasteiger partial charge on any atom is -0.488 e. The summed E-state index contributed by atoms with van der Waals surface area (Å²) in [5.74, 6) is 0.782. The van der Waals surface area contributed by atoms with Gasteiger partial charge >= 0.3 is 0 Å². The Kier molecular flexibility index (Phi) is 2.66. The number of hydrogen-bond acceptors (Lipinski definition) is 2. The molecule has 1 aromatic carbocycles. The molecule has 0 heterocycles. The molecule has 1 aromatic rings. The summed E-state index contributed by atoms with van der Waals surface area (Å²) in [4.78, 5) is 10.7. The average Bonchev–Trinajstić information content (AvgIpc) is 2.09. The van der Waals surface area contributed by atoms with Gasteiger partial charge in [-0.1, -0.05) is 23.2 Å². The first-order valence-electron chi connectivity index (χ1n) is 4.28. The number of benzene rings is 1. The van der Waals surface area contributed by atoms with Crippen molar-refractivity contribution >= 4 is 29.0 Å². The minimum atomic E-state index is -0.0292. The highest BCUT2D eigenvalue weighted by atomic mass is 35.5. The Morgan fingerprint density at radius 2 is 2.00 bits per heavy atom. The van der Waals surface area contributed by atoms with Crippen LogP contribution in [0.15, 0.2) is 18.2 Å². The van der Waals surface area contributed by atoms with Crippen LogP contribution in [-0.2, 0) is 4.79 Å². The third kappa shape index (κ3) is 2.02.